The minimum Gasteiger partial charge on any atom is -0.488 e. The van der Waals surface area contributed by atoms with Gasteiger partial charge in [0.1, 0.15) is 17.7 Å². The van der Waals surface area contributed by atoms with Crippen LogP contribution in [0.25, 0.3) is 0 Å². The van der Waals surface area contributed by atoms with Crippen molar-refractivity contribution >= 4 is 11.6 Å². The van der Waals surface area contributed by atoms with Crippen LogP contribution in [0.4, 0.5) is 4.39 Å². The Bertz CT molecular complexity index is 459. The molecule has 0 bridgehead atoms. The van der Waals surface area contributed by atoms with Gasteiger partial charge in [-0.2, -0.15) is 0 Å². The molecule has 2 rings (SSSR count). The first-order valence-electron chi connectivity index (χ1n) is 5.88. The van der Waals surface area contributed by atoms with Crippen molar-refractivity contribution in [2.45, 2.75) is 18.9 Å². The Labute approximate surface area is 111 Å². The molecule has 1 aliphatic rings. The minimum atomic E-state index is -0.346. The average molecular weight is 269 g/mol. The molecule has 1 unspecified atom stereocenters. The Kier molecular flexibility index (Phi) is 4.86. The first kappa shape index (κ1) is 13.2. The minimum absolute atomic E-state index is 0.00968. The molecule has 1 saturated heterocycles. The Hall–Kier alpha value is -1.24. The first-order valence-corrected chi connectivity index (χ1v) is 6.41. The molecule has 1 fully saturated rings. The molecule has 0 spiro atoms. The second-order valence-electron chi connectivity index (χ2n) is 4.02. The van der Waals surface area contributed by atoms with Crippen molar-refractivity contribution in [3.63, 3.8) is 0 Å². The molecule has 0 saturated carbocycles. The lowest BCUT2D eigenvalue weighted by Gasteiger charge is -2.11. The highest BCUT2D eigenvalue weighted by atomic mass is 35.5. The van der Waals surface area contributed by atoms with Crippen LogP contribution in [-0.2, 0) is 4.74 Å². The van der Waals surface area contributed by atoms with Crippen LogP contribution < -0.4 is 4.74 Å². The van der Waals surface area contributed by atoms with Crippen molar-refractivity contribution in [3.8, 4) is 17.6 Å². The molecule has 96 valence electrons. The fraction of sp³-hybridized carbons (Fsp3) is 0.429. The van der Waals surface area contributed by atoms with Gasteiger partial charge in [-0.05, 0) is 12.1 Å². The predicted octanol–water partition coefficient (Wildman–Crippen LogP) is 2.97. The molecule has 0 aromatic heterocycles. The van der Waals surface area contributed by atoms with E-state index < -0.39 is 0 Å². The van der Waals surface area contributed by atoms with E-state index in [1.54, 1.807) is 6.07 Å². The average Bonchev–Trinajstić information content (AvgIpc) is 2.81. The summed E-state index contributed by atoms with van der Waals surface area (Å²) in [7, 11) is 0. The molecular weight excluding hydrogens is 255 g/mol. The van der Waals surface area contributed by atoms with E-state index in [-0.39, 0.29) is 11.9 Å². The molecule has 0 aliphatic carbocycles. The summed E-state index contributed by atoms with van der Waals surface area (Å²) in [5.41, 5.74) is 0.606. The van der Waals surface area contributed by atoms with E-state index in [9.17, 15) is 4.39 Å². The molecule has 0 N–H and O–H groups in total. The number of hydrogen-bond acceptors (Lipinski definition) is 2. The van der Waals surface area contributed by atoms with Crippen LogP contribution in [0.1, 0.15) is 18.4 Å². The Morgan fingerprint density at radius 1 is 1.44 bits per heavy atom. The predicted molar refractivity (Wildman–Crippen MR) is 68.5 cm³/mol. The van der Waals surface area contributed by atoms with Gasteiger partial charge < -0.3 is 9.47 Å². The van der Waals surface area contributed by atoms with Crippen LogP contribution in [0, 0.1) is 17.7 Å². The van der Waals surface area contributed by atoms with Crippen molar-refractivity contribution in [2.75, 3.05) is 19.1 Å². The third-order valence-electron chi connectivity index (χ3n) is 2.51. The number of benzene rings is 1. The van der Waals surface area contributed by atoms with Gasteiger partial charge in [-0.3, -0.25) is 0 Å². The van der Waals surface area contributed by atoms with E-state index in [1.165, 1.54) is 12.1 Å². The van der Waals surface area contributed by atoms with Gasteiger partial charge in [0, 0.05) is 30.4 Å². The number of ether oxygens (including phenoxy) is 2. The standard InChI is InChI=1S/C14H14ClFO2/c15-5-2-1-3-11-7-12(16)9-14(8-11)18-13-4-6-17-10-13/h7-9,13H,2,4-6,10H2. The van der Waals surface area contributed by atoms with Gasteiger partial charge in [-0.1, -0.05) is 11.8 Å². The largest absolute Gasteiger partial charge is 0.488 e. The lowest BCUT2D eigenvalue weighted by molar-refractivity contribution is 0.141. The van der Waals surface area contributed by atoms with Gasteiger partial charge in [0.2, 0.25) is 0 Å². The molecule has 4 heteroatoms. The quantitative estimate of drug-likeness (QED) is 0.620. The van der Waals surface area contributed by atoms with Gasteiger partial charge in [-0.25, -0.2) is 4.39 Å². The zero-order chi connectivity index (χ0) is 12.8. The summed E-state index contributed by atoms with van der Waals surface area (Å²) in [5, 5.41) is 0. The van der Waals surface area contributed by atoms with Crippen molar-refractivity contribution in [2.24, 2.45) is 0 Å². The van der Waals surface area contributed by atoms with E-state index in [0.29, 0.717) is 36.8 Å². The molecule has 1 aromatic rings. The van der Waals surface area contributed by atoms with Crippen LogP contribution in [0.5, 0.6) is 5.75 Å². The molecule has 1 atom stereocenters. The van der Waals surface area contributed by atoms with Crippen LogP contribution in [-0.4, -0.2) is 25.2 Å². The molecule has 2 nitrogen and oxygen atoms in total. The monoisotopic (exact) mass is 268 g/mol. The Balaban J connectivity index is 2.08. The normalized spacial score (nSPS) is 18.2. The van der Waals surface area contributed by atoms with E-state index in [4.69, 9.17) is 21.1 Å². The van der Waals surface area contributed by atoms with E-state index in [2.05, 4.69) is 11.8 Å². The summed E-state index contributed by atoms with van der Waals surface area (Å²) in [6, 6.07) is 4.49. The lowest BCUT2D eigenvalue weighted by Crippen LogP contribution is -2.15. The van der Waals surface area contributed by atoms with Gasteiger partial charge in [0.25, 0.3) is 0 Å². The maximum atomic E-state index is 13.4. The summed E-state index contributed by atoms with van der Waals surface area (Å²) < 4.78 is 24.3. The molecule has 1 aromatic carbocycles. The van der Waals surface area contributed by atoms with E-state index >= 15 is 0 Å². The number of hydrogen-bond donors (Lipinski definition) is 0. The molecule has 0 radical (unpaired) electrons. The summed E-state index contributed by atoms with van der Waals surface area (Å²) in [6.07, 6.45) is 1.43. The van der Waals surface area contributed by atoms with Crippen LogP contribution in [0.3, 0.4) is 0 Å². The molecular formula is C14H14ClFO2. The third-order valence-corrected chi connectivity index (χ3v) is 2.70. The fourth-order valence-corrected chi connectivity index (χ4v) is 1.81. The molecule has 0 amide bonds. The SMILES string of the molecule is Fc1cc(C#CCCCl)cc(OC2CCOC2)c1. The summed E-state index contributed by atoms with van der Waals surface area (Å²) in [4.78, 5) is 0. The summed E-state index contributed by atoms with van der Waals surface area (Å²) in [5.74, 6) is 6.37. The van der Waals surface area contributed by atoms with E-state index in [0.717, 1.165) is 6.42 Å². The maximum Gasteiger partial charge on any atom is 0.128 e. The summed E-state index contributed by atoms with van der Waals surface area (Å²) >= 11 is 5.53. The van der Waals surface area contributed by atoms with Gasteiger partial charge in [-0.15, -0.1) is 11.6 Å². The maximum absolute atomic E-state index is 13.4. The van der Waals surface area contributed by atoms with Crippen molar-refractivity contribution < 1.29 is 13.9 Å². The fourth-order valence-electron chi connectivity index (χ4n) is 1.71. The molecule has 1 aliphatic heterocycles. The van der Waals surface area contributed by atoms with Gasteiger partial charge >= 0.3 is 0 Å². The highest BCUT2D eigenvalue weighted by Gasteiger charge is 2.17. The smallest absolute Gasteiger partial charge is 0.128 e. The lowest BCUT2D eigenvalue weighted by atomic mass is 10.2. The second kappa shape index (κ2) is 6.63. The highest BCUT2D eigenvalue weighted by molar-refractivity contribution is 6.18. The number of alkyl halides is 1. The van der Waals surface area contributed by atoms with E-state index in [1.807, 2.05) is 0 Å². The molecule has 18 heavy (non-hydrogen) atoms. The highest BCUT2D eigenvalue weighted by Crippen LogP contribution is 2.20. The zero-order valence-corrected chi connectivity index (χ0v) is 10.7. The van der Waals surface area contributed by atoms with Crippen molar-refractivity contribution in [3.05, 3.63) is 29.6 Å². The van der Waals surface area contributed by atoms with Crippen LogP contribution >= 0.6 is 11.6 Å². The van der Waals surface area contributed by atoms with Crippen molar-refractivity contribution in [1.82, 2.24) is 0 Å². The topological polar surface area (TPSA) is 18.5 Å². The van der Waals surface area contributed by atoms with Crippen LogP contribution in [0.15, 0.2) is 18.2 Å². The number of halogens is 2. The van der Waals surface area contributed by atoms with Gasteiger partial charge in [0.15, 0.2) is 0 Å². The first-order chi connectivity index (χ1) is 8.78. The van der Waals surface area contributed by atoms with Crippen LogP contribution in [0.2, 0.25) is 0 Å². The van der Waals surface area contributed by atoms with Crippen molar-refractivity contribution in [1.29, 1.82) is 0 Å². The zero-order valence-electron chi connectivity index (χ0n) is 9.92. The molecule has 1 heterocycles. The summed E-state index contributed by atoms with van der Waals surface area (Å²) in [6.45, 7) is 1.26. The third kappa shape index (κ3) is 3.90. The van der Waals surface area contributed by atoms with Gasteiger partial charge in [0.05, 0.1) is 13.2 Å². The Morgan fingerprint density at radius 3 is 3.06 bits per heavy atom. The Morgan fingerprint density at radius 2 is 2.33 bits per heavy atom. The number of rotatable bonds is 3. The second-order valence-corrected chi connectivity index (χ2v) is 4.40.